The van der Waals surface area contributed by atoms with E-state index in [0.29, 0.717) is 16.4 Å². The van der Waals surface area contributed by atoms with Crippen molar-refractivity contribution in [2.45, 2.75) is 25.8 Å². The number of imidazole rings is 1. The molecule has 6 nitrogen and oxygen atoms in total. The average Bonchev–Trinajstić information content (AvgIpc) is 3.18. The maximum atomic E-state index is 12.6. The van der Waals surface area contributed by atoms with Crippen LogP contribution in [0.3, 0.4) is 0 Å². The van der Waals surface area contributed by atoms with Crippen molar-refractivity contribution in [1.29, 1.82) is 0 Å². The van der Waals surface area contributed by atoms with E-state index in [1.807, 2.05) is 37.3 Å². The number of aryl methyl sites for hydroxylation is 2. The zero-order chi connectivity index (χ0) is 19.0. The Kier molecular flexibility index (Phi) is 4.49. The zero-order valence-electron chi connectivity index (χ0n) is 14.8. The lowest BCUT2D eigenvalue weighted by Crippen LogP contribution is -2.32. The molecule has 0 bridgehead atoms. The van der Waals surface area contributed by atoms with E-state index in [2.05, 4.69) is 15.6 Å². The SMILES string of the molecule is Cc1c[nH]c(=O)n1-c1ccccc1NC(=O)NC1CCc2cc(Cl)ccc21. The van der Waals surface area contributed by atoms with Crippen molar-refractivity contribution in [2.75, 3.05) is 5.32 Å². The van der Waals surface area contributed by atoms with E-state index in [-0.39, 0.29) is 17.8 Å². The van der Waals surface area contributed by atoms with Gasteiger partial charge >= 0.3 is 11.7 Å². The summed E-state index contributed by atoms with van der Waals surface area (Å²) in [4.78, 5) is 27.3. The Morgan fingerprint density at radius 2 is 2.07 bits per heavy atom. The fourth-order valence-corrected chi connectivity index (χ4v) is 3.78. The molecule has 138 valence electrons. The number of hydrogen-bond acceptors (Lipinski definition) is 2. The number of carbonyl (C=O) groups is 1. The van der Waals surface area contributed by atoms with Gasteiger partial charge in [0.1, 0.15) is 0 Å². The van der Waals surface area contributed by atoms with E-state index in [0.717, 1.165) is 24.1 Å². The van der Waals surface area contributed by atoms with Crippen LogP contribution in [-0.2, 0) is 6.42 Å². The predicted molar refractivity (Wildman–Crippen MR) is 106 cm³/mol. The number of fused-ring (bicyclic) bond motifs is 1. The highest BCUT2D eigenvalue weighted by atomic mass is 35.5. The van der Waals surface area contributed by atoms with Crippen molar-refractivity contribution in [3.8, 4) is 5.69 Å². The van der Waals surface area contributed by atoms with Crippen LogP contribution >= 0.6 is 11.6 Å². The summed E-state index contributed by atoms with van der Waals surface area (Å²) in [5, 5.41) is 6.60. The summed E-state index contributed by atoms with van der Waals surface area (Å²) in [6.07, 6.45) is 3.36. The average molecular weight is 383 g/mol. The number of carbonyl (C=O) groups excluding carboxylic acids is 1. The Morgan fingerprint density at radius 1 is 1.26 bits per heavy atom. The van der Waals surface area contributed by atoms with Crippen LogP contribution in [-0.4, -0.2) is 15.6 Å². The second-order valence-electron chi connectivity index (χ2n) is 6.62. The van der Waals surface area contributed by atoms with Crippen LogP contribution in [0.25, 0.3) is 5.69 Å². The van der Waals surface area contributed by atoms with Crippen molar-refractivity contribution in [1.82, 2.24) is 14.9 Å². The quantitative estimate of drug-likeness (QED) is 0.641. The molecule has 7 heteroatoms. The number of para-hydroxylation sites is 2. The Hall–Kier alpha value is -2.99. The molecule has 0 radical (unpaired) electrons. The van der Waals surface area contributed by atoms with Gasteiger partial charge in [-0.2, -0.15) is 0 Å². The molecule has 1 atom stereocenters. The molecular weight excluding hydrogens is 364 g/mol. The molecule has 1 unspecified atom stereocenters. The van der Waals surface area contributed by atoms with Gasteiger partial charge in [-0.25, -0.2) is 9.59 Å². The summed E-state index contributed by atoms with van der Waals surface area (Å²) in [5.74, 6) is 0. The second-order valence-corrected chi connectivity index (χ2v) is 7.06. The molecule has 1 aliphatic carbocycles. The fraction of sp³-hybridized carbons (Fsp3) is 0.200. The van der Waals surface area contributed by atoms with Crippen LogP contribution in [0.2, 0.25) is 5.02 Å². The molecule has 3 N–H and O–H groups in total. The first kappa shape index (κ1) is 17.4. The highest BCUT2D eigenvalue weighted by Crippen LogP contribution is 2.33. The maximum Gasteiger partial charge on any atom is 0.330 e. The highest BCUT2D eigenvalue weighted by molar-refractivity contribution is 6.30. The van der Waals surface area contributed by atoms with E-state index >= 15 is 0 Å². The molecular formula is C20H19ClN4O2. The van der Waals surface area contributed by atoms with Crippen molar-refractivity contribution in [2.24, 2.45) is 0 Å². The van der Waals surface area contributed by atoms with Crippen molar-refractivity contribution < 1.29 is 4.79 Å². The van der Waals surface area contributed by atoms with Gasteiger partial charge in [0.25, 0.3) is 0 Å². The summed E-state index contributed by atoms with van der Waals surface area (Å²) < 4.78 is 1.53. The molecule has 1 heterocycles. The minimum Gasteiger partial charge on any atom is -0.331 e. The molecule has 2 aromatic carbocycles. The topological polar surface area (TPSA) is 78.9 Å². The lowest BCUT2D eigenvalue weighted by Gasteiger charge is -2.17. The number of H-pyrrole nitrogens is 1. The van der Waals surface area contributed by atoms with Crippen molar-refractivity contribution >= 4 is 23.3 Å². The first-order chi connectivity index (χ1) is 13.0. The molecule has 0 aliphatic heterocycles. The van der Waals surface area contributed by atoms with Crippen LogP contribution in [0.4, 0.5) is 10.5 Å². The van der Waals surface area contributed by atoms with Gasteiger partial charge in [-0.05, 0) is 55.2 Å². The van der Waals surface area contributed by atoms with Crippen LogP contribution in [0.15, 0.2) is 53.5 Å². The summed E-state index contributed by atoms with van der Waals surface area (Å²) >= 11 is 6.05. The van der Waals surface area contributed by atoms with Gasteiger partial charge in [-0.3, -0.25) is 4.57 Å². The normalized spacial score (nSPS) is 15.4. The van der Waals surface area contributed by atoms with Gasteiger partial charge in [0.15, 0.2) is 0 Å². The minimum absolute atomic E-state index is 0.0545. The van der Waals surface area contributed by atoms with E-state index in [1.165, 1.54) is 10.1 Å². The number of amides is 2. The number of aromatic nitrogens is 2. The van der Waals surface area contributed by atoms with Crippen LogP contribution < -0.4 is 16.3 Å². The summed E-state index contributed by atoms with van der Waals surface area (Å²) in [6.45, 7) is 1.83. The molecule has 0 spiro atoms. The molecule has 0 fully saturated rings. The number of benzene rings is 2. The van der Waals surface area contributed by atoms with Crippen LogP contribution in [0, 0.1) is 6.92 Å². The smallest absolute Gasteiger partial charge is 0.330 e. The number of nitrogens with one attached hydrogen (secondary N) is 3. The van der Waals surface area contributed by atoms with Gasteiger partial charge in [0, 0.05) is 16.9 Å². The van der Waals surface area contributed by atoms with Crippen molar-refractivity contribution in [3.63, 3.8) is 0 Å². The molecule has 1 aromatic heterocycles. The predicted octanol–water partition coefficient (Wildman–Crippen LogP) is 3.94. The largest absolute Gasteiger partial charge is 0.331 e. The Bertz CT molecular complexity index is 1070. The Balaban J connectivity index is 1.55. The van der Waals surface area contributed by atoms with E-state index in [1.54, 1.807) is 18.3 Å². The lowest BCUT2D eigenvalue weighted by molar-refractivity contribution is 0.248. The Labute approximate surface area is 161 Å². The lowest BCUT2D eigenvalue weighted by atomic mass is 10.1. The summed E-state index contributed by atoms with van der Waals surface area (Å²) in [5.41, 5.74) is 3.97. The van der Waals surface area contributed by atoms with E-state index in [4.69, 9.17) is 11.6 Å². The third-order valence-corrected chi connectivity index (χ3v) is 5.08. The number of urea groups is 1. The molecule has 3 aromatic rings. The van der Waals surface area contributed by atoms with Gasteiger partial charge in [0.05, 0.1) is 17.4 Å². The zero-order valence-corrected chi connectivity index (χ0v) is 15.5. The first-order valence-corrected chi connectivity index (χ1v) is 9.13. The molecule has 1 aliphatic rings. The summed E-state index contributed by atoms with van der Waals surface area (Å²) in [6, 6.07) is 12.6. The standard InChI is InChI=1S/C20H19ClN4O2/c1-12-11-22-20(27)25(12)18-5-3-2-4-17(18)24-19(26)23-16-9-6-13-10-14(21)7-8-15(13)16/h2-5,7-8,10-11,16H,6,9H2,1H3,(H,22,27)(H2,23,24,26). The molecule has 27 heavy (non-hydrogen) atoms. The van der Waals surface area contributed by atoms with E-state index in [9.17, 15) is 9.59 Å². The number of hydrogen-bond donors (Lipinski definition) is 3. The Morgan fingerprint density at radius 3 is 2.85 bits per heavy atom. The number of halogens is 1. The minimum atomic E-state index is -0.309. The first-order valence-electron chi connectivity index (χ1n) is 8.75. The molecule has 2 amide bonds. The molecule has 4 rings (SSSR count). The fourth-order valence-electron chi connectivity index (χ4n) is 3.58. The van der Waals surface area contributed by atoms with Gasteiger partial charge in [-0.15, -0.1) is 0 Å². The third-order valence-electron chi connectivity index (χ3n) is 4.84. The highest BCUT2D eigenvalue weighted by Gasteiger charge is 2.24. The van der Waals surface area contributed by atoms with Gasteiger partial charge in [0.2, 0.25) is 0 Å². The maximum absolute atomic E-state index is 12.6. The number of anilines is 1. The number of aromatic amines is 1. The molecule has 0 saturated heterocycles. The van der Waals surface area contributed by atoms with Crippen LogP contribution in [0.1, 0.15) is 29.3 Å². The van der Waals surface area contributed by atoms with Gasteiger partial charge in [-0.1, -0.05) is 29.8 Å². The van der Waals surface area contributed by atoms with Crippen molar-refractivity contribution in [3.05, 3.63) is 81.0 Å². The third kappa shape index (κ3) is 3.36. The summed E-state index contributed by atoms with van der Waals surface area (Å²) in [7, 11) is 0. The van der Waals surface area contributed by atoms with Gasteiger partial charge < -0.3 is 15.6 Å². The van der Waals surface area contributed by atoms with Crippen LogP contribution in [0.5, 0.6) is 0 Å². The van der Waals surface area contributed by atoms with E-state index < -0.39 is 0 Å². The number of nitrogens with zero attached hydrogens (tertiary/aromatic N) is 1. The molecule has 0 saturated carbocycles. The number of rotatable bonds is 3. The second kappa shape index (κ2) is 6.96. The monoisotopic (exact) mass is 382 g/mol.